The summed E-state index contributed by atoms with van der Waals surface area (Å²) in [6.07, 6.45) is 0. The van der Waals surface area contributed by atoms with E-state index in [2.05, 4.69) is 10.6 Å². The molecule has 0 spiro atoms. The second-order valence-corrected chi connectivity index (χ2v) is 6.42. The molecule has 8 heteroatoms. The number of rotatable bonds is 6. The van der Waals surface area contributed by atoms with Crippen LogP contribution in [0.25, 0.3) is 0 Å². The standard InChI is InChI=1S/C17H18N2O5S/c1-10-4-7-15(25-10)17(22)24-9-16(21)19-13-8-12(18-11(2)20)5-6-14(13)23-3/h4-8H,9H2,1-3H3,(H,18,20)(H,19,21). The zero-order chi connectivity index (χ0) is 18.4. The first-order valence-corrected chi connectivity index (χ1v) is 8.19. The molecular weight excluding hydrogens is 344 g/mol. The Balaban J connectivity index is 1.99. The number of ether oxygens (including phenoxy) is 2. The molecule has 0 aliphatic heterocycles. The largest absolute Gasteiger partial charge is 0.495 e. The fourth-order valence-corrected chi connectivity index (χ4v) is 2.78. The van der Waals surface area contributed by atoms with Gasteiger partial charge in [0.05, 0.1) is 12.8 Å². The maximum absolute atomic E-state index is 12.0. The number of benzene rings is 1. The quantitative estimate of drug-likeness (QED) is 0.771. The molecular formula is C17H18N2O5S. The predicted molar refractivity (Wildman–Crippen MR) is 95.3 cm³/mol. The highest BCUT2D eigenvalue weighted by Gasteiger charge is 2.14. The average Bonchev–Trinajstić information content (AvgIpc) is 2.99. The Kier molecular flexibility index (Phi) is 6.13. The molecule has 1 aromatic heterocycles. The molecule has 0 unspecified atom stereocenters. The molecule has 2 amide bonds. The number of hydrogen-bond donors (Lipinski definition) is 2. The topological polar surface area (TPSA) is 93.7 Å². The Hall–Kier alpha value is -2.87. The number of nitrogens with one attached hydrogen (secondary N) is 2. The van der Waals surface area contributed by atoms with Crippen molar-refractivity contribution in [3.05, 3.63) is 40.1 Å². The Morgan fingerprint density at radius 3 is 2.48 bits per heavy atom. The summed E-state index contributed by atoms with van der Waals surface area (Å²) >= 11 is 1.30. The zero-order valence-electron chi connectivity index (χ0n) is 14.0. The Morgan fingerprint density at radius 1 is 1.12 bits per heavy atom. The Morgan fingerprint density at radius 2 is 1.88 bits per heavy atom. The minimum atomic E-state index is -0.549. The summed E-state index contributed by atoms with van der Waals surface area (Å²) in [7, 11) is 1.46. The number of anilines is 2. The first kappa shape index (κ1) is 18.5. The van der Waals surface area contributed by atoms with Gasteiger partial charge in [0.15, 0.2) is 6.61 Å². The van der Waals surface area contributed by atoms with E-state index < -0.39 is 18.5 Å². The van der Waals surface area contributed by atoms with E-state index in [4.69, 9.17) is 9.47 Å². The number of hydrogen-bond acceptors (Lipinski definition) is 6. The van der Waals surface area contributed by atoms with E-state index in [9.17, 15) is 14.4 Å². The fourth-order valence-electron chi connectivity index (χ4n) is 2.02. The monoisotopic (exact) mass is 362 g/mol. The van der Waals surface area contributed by atoms with Crippen molar-refractivity contribution >= 4 is 40.5 Å². The minimum Gasteiger partial charge on any atom is -0.495 e. The molecule has 0 bridgehead atoms. The van der Waals surface area contributed by atoms with Gasteiger partial charge in [0.1, 0.15) is 10.6 Å². The van der Waals surface area contributed by atoms with Crippen LogP contribution >= 0.6 is 11.3 Å². The summed E-state index contributed by atoms with van der Waals surface area (Å²) in [5.41, 5.74) is 0.872. The van der Waals surface area contributed by atoms with Gasteiger partial charge in [0.25, 0.3) is 5.91 Å². The van der Waals surface area contributed by atoms with Crippen molar-refractivity contribution in [3.63, 3.8) is 0 Å². The van der Waals surface area contributed by atoms with Gasteiger partial charge in [-0.25, -0.2) is 4.79 Å². The first-order chi connectivity index (χ1) is 11.9. The molecule has 0 saturated carbocycles. The highest BCUT2D eigenvalue weighted by molar-refractivity contribution is 7.13. The highest BCUT2D eigenvalue weighted by Crippen LogP contribution is 2.27. The summed E-state index contributed by atoms with van der Waals surface area (Å²) in [4.78, 5) is 36.4. The van der Waals surface area contributed by atoms with Crippen molar-refractivity contribution in [1.29, 1.82) is 0 Å². The molecule has 7 nitrogen and oxygen atoms in total. The molecule has 0 aliphatic rings. The minimum absolute atomic E-state index is 0.234. The van der Waals surface area contributed by atoms with Crippen LogP contribution in [0.3, 0.4) is 0 Å². The van der Waals surface area contributed by atoms with Gasteiger partial charge in [-0.1, -0.05) is 0 Å². The van der Waals surface area contributed by atoms with Crippen molar-refractivity contribution in [2.24, 2.45) is 0 Å². The van der Waals surface area contributed by atoms with Gasteiger partial charge in [0, 0.05) is 17.5 Å². The Labute approximate surface area is 148 Å². The lowest BCUT2D eigenvalue weighted by Crippen LogP contribution is -2.21. The SMILES string of the molecule is COc1ccc(NC(C)=O)cc1NC(=O)COC(=O)c1ccc(C)s1. The highest BCUT2D eigenvalue weighted by atomic mass is 32.1. The van der Waals surface area contributed by atoms with Crippen LogP contribution in [0.2, 0.25) is 0 Å². The van der Waals surface area contributed by atoms with Crippen LogP contribution < -0.4 is 15.4 Å². The van der Waals surface area contributed by atoms with Crippen LogP contribution in [0.5, 0.6) is 5.75 Å². The van der Waals surface area contributed by atoms with Crippen molar-refractivity contribution in [3.8, 4) is 5.75 Å². The molecule has 132 valence electrons. The smallest absolute Gasteiger partial charge is 0.348 e. The molecule has 2 aromatic rings. The second-order valence-electron chi connectivity index (χ2n) is 5.13. The third kappa shape index (κ3) is 5.32. The Bertz CT molecular complexity index is 800. The van der Waals surface area contributed by atoms with E-state index in [1.54, 1.807) is 30.3 Å². The van der Waals surface area contributed by atoms with Crippen LogP contribution in [0, 0.1) is 6.92 Å². The summed E-state index contributed by atoms with van der Waals surface area (Å²) in [6.45, 7) is 2.83. The number of carbonyl (C=O) groups excluding carboxylic acids is 3. The van der Waals surface area contributed by atoms with Crippen LogP contribution in [-0.4, -0.2) is 31.5 Å². The van der Waals surface area contributed by atoms with E-state index in [0.717, 1.165) is 4.88 Å². The lowest BCUT2D eigenvalue weighted by Gasteiger charge is -2.12. The molecule has 0 saturated heterocycles. The maximum atomic E-state index is 12.0. The molecule has 2 N–H and O–H groups in total. The van der Waals surface area contributed by atoms with Gasteiger partial charge in [-0.2, -0.15) is 0 Å². The van der Waals surface area contributed by atoms with Crippen molar-refractivity contribution in [2.75, 3.05) is 24.4 Å². The van der Waals surface area contributed by atoms with Crippen LogP contribution in [0.1, 0.15) is 21.5 Å². The molecule has 0 atom stereocenters. The molecule has 25 heavy (non-hydrogen) atoms. The average molecular weight is 362 g/mol. The van der Waals surface area contributed by atoms with Crippen LogP contribution in [0.15, 0.2) is 30.3 Å². The van der Waals surface area contributed by atoms with Crippen LogP contribution in [-0.2, 0) is 14.3 Å². The maximum Gasteiger partial charge on any atom is 0.348 e. The number of aryl methyl sites for hydroxylation is 1. The number of esters is 1. The van der Waals surface area contributed by atoms with E-state index in [0.29, 0.717) is 22.0 Å². The van der Waals surface area contributed by atoms with Crippen molar-refractivity contribution < 1.29 is 23.9 Å². The third-order valence-electron chi connectivity index (χ3n) is 3.07. The lowest BCUT2D eigenvalue weighted by atomic mass is 10.2. The van der Waals surface area contributed by atoms with Gasteiger partial charge < -0.3 is 20.1 Å². The van der Waals surface area contributed by atoms with Gasteiger partial charge in [0.2, 0.25) is 5.91 Å². The molecule has 2 rings (SSSR count). The normalized spacial score (nSPS) is 10.0. The van der Waals surface area contributed by atoms with Crippen LogP contribution in [0.4, 0.5) is 11.4 Å². The lowest BCUT2D eigenvalue weighted by molar-refractivity contribution is -0.119. The molecule has 1 aromatic carbocycles. The van der Waals surface area contributed by atoms with Gasteiger partial charge in [-0.3, -0.25) is 9.59 Å². The number of methoxy groups -OCH3 is 1. The second kappa shape index (κ2) is 8.29. The van der Waals surface area contributed by atoms with Gasteiger partial charge in [-0.05, 0) is 37.3 Å². The number of carbonyl (C=O) groups is 3. The summed E-state index contributed by atoms with van der Waals surface area (Å²) in [5, 5.41) is 5.21. The van der Waals surface area contributed by atoms with E-state index in [-0.39, 0.29) is 5.91 Å². The third-order valence-corrected chi connectivity index (χ3v) is 4.05. The molecule has 0 radical (unpaired) electrons. The van der Waals surface area contributed by atoms with Crippen molar-refractivity contribution in [2.45, 2.75) is 13.8 Å². The predicted octanol–water partition coefficient (Wildman–Crippen LogP) is 2.82. The molecule has 0 aliphatic carbocycles. The number of amides is 2. The summed E-state index contributed by atoms with van der Waals surface area (Å²) in [6, 6.07) is 8.28. The van der Waals surface area contributed by atoms with E-state index in [1.165, 1.54) is 25.4 Å². The first-order valence-electron chi connectivity index (χ1n) is 7.38. The zero-order valence-corrected chi connectivity index (χ0v) is 14.9. The van der Waals surface area contributed by atoms with E-state index in [1.807, 2.05) is 6.92 Å². The van der Waals surface area contributed by atoms with Gasteiger partial charge in [-0.15, -0.1) is 11.3 Å². The fraction of sp³-hybridized carbons (Fsp3) is 0.235. The van der Waals surface area contributed by atoms with Crippen molar-refractivity contribution in [1.82, 2.24) is 0 Å². The van der Waals surface area contributed by atoms with Gasteiger partial charge >= 0.3 is 5.97 Å². The summed E-state index contributed by atoms with van der Waals surface area (Å²) < 4.78 is 10.2. The number of thiophene rings is 1. The van der Waals surface area contributed by atoms with E-state index >= 15 is 0 Å². The molecule has 1 heterocycles. The molecule has 0 fully saturated rings. The summed E-state index contributed by atoms with van der Waals surface area (Å²) in [5.74, 6) is -0.877.